The van der Waals surface area contributed by atoms with Gasteiger partial charge >= 0.3 is 0 Å². The summed E-state index contributed by atoms with van der Waals surface area (Å²) in [6, 6.07) is 0. The summed E-state index contributed by atoms with van der Waals surface area (Å²) < 4.78 is 21.3. The Balaban J connectivity index is 1.85. The fourth-order valence-electron chi connectivity index (χ4n) is 2.69. The fraction of sp³-hybridized carbons (Fsp3) is 0.800. The fourth-order valence-corrected chi connectivity index (χ4v) is 3.33. The van der Waals surface area contributed by atoms with Crippen molar-refractivity contribution in [1.82, 2.24) is 15.5 Å². The highest BCUT2D eigenvalue weighted by molar-refractivity contribution is 8.00. The molecule has 4 amide bonds. The van der Waals surface area contributed by atoms with Gasteiger partial charge in [0.1, 0.15) is 0 Å². The van der Waals surface area contributed by atoms with Gasteiger partial charge in [-0.15, -0.1) is 0 Å². The van der Waals surface area contributed by atoms with Crippen LogP contribution in [-0.4, -0.2) is 113 Å². The second kappa shape index (κ2) is 17.8. The standard InChI is InChI=1S/C20H35N3O8S/c1-21-17(24)4-7-28-9-11-30-13-14-31-12-10-29-8-5-22-18(25)3-6-23-19(26)15-16(32-2)20(23)27/h16H,3-15H2,1-2H3,(H,21,24)(H,22,25). The number of carbonyl (C=O) groups is 4. The first kappa shape index (κ1) is 28.3. The van der Waals surface area contributed by atoms with E-state index in [1.807, 2.05) is 0 Å². The Bertz CT molecular complexity index is 593. The van der Waals surface area contributed by atoms with Crippen molar-refractivity contribution >= 4 is 35.4 Å². The summed E-state index contributed by atoms with van der Waals surface area (Å²) in [6.45, 7) is 3.71. The van der Waals surface area contributed by atoms with Crippen LogP contribution in [-0.2, 0) is 38.1 Å². The second-order valence-corrected chi connectivity index (χ2v) is 7.83. The van der Waals surface area contributed by atoms with Gasteiger partial charge in [0.25, 0.3) is 0 Å². The predicted molar refractivity (Wildman–Crippen MR) is 118 cm³/mol. The molecule has 0 saturated carbocycles. The van der Waals surface area contributed by atoms with Gasteiger partial charge in [-0.2, -0.15) is 11.8 Å². The summed E-state index contributed by atoms with van der Waals surface area (Å²) >= 11 is 1.35. The van der Waals surface area contributed by atoms with Crippen LogP contribution in [0.4, 0.5) is 0 Å². The molecule has 12 heteroatoms. The lowest BCUT2D eigenvalue weighted by molar-refractivity contribution is -0.138. The molecule has 1 fully saturated rings. The first-order valence-corrected chi connectivity index (χ1v) is 11.9. The van der Waals surface area contributed by atoms with Gasteiger partial charge in [-0.3, -0.25) is 24.1 Å². The minimum absolute atomic E-state index is 0.0544. The van der Waals surface area contributed by atoms with E-state index >= 15 is 0 Å². The Morgan fingerprint density at radius 3 is 2.00 bits per heavy atom. The summed E-state index contributed by atoms with van der Waals surface area (Å²) in [4.78, 5) is 47.8. The Morgan fingerprint density at radius 1 is 0.906 bits per heavy atom. The van der Waals surface area contributed by atoms with Gasteiger partial charge in [-0.1, -0.05) is 0 Å². The van der Waals surface area contributed by atoms with E-state index in [0.29, 0.717) is 65.8 Å². The van der Waals surface area contributed by atoms with Crippen molar-refractivity contribution in [2.75, 3.05) is 79.2 Å². The summed E-state index contributed by atoms with van der Waals surface area (Å²) in [5, 5.41) is 4.89. The lowest BCUT2D eigenvalue weighted by atomic mass is 10.3. The molecule has 184 valence electrons. The maximum atomic E-state index is 12.0. The third-order valence-corrected chi connectivity index (χ3v) is 5.42. The summed E-state index contributed by atoms with van der Waals surface area (Å²) in [7, 11) is 1.59. The van der Waals surface area contributed by atoms with Crippen LogP contribution in [0.3, 0.4) is 0 Å². The number of ether oxygens (including phenoxy) is 4. The van der Waals surface area contributed by atoms with Crippen LogP contribution >= 0.6 is 11.8 Å². The van der Waals surface area contributed by atoms with E-state index in [1.165, 1.54) is 16.7 Å². The highest BCUT2D eigenvalue weighted by Crippen LogP contribution is 2.22. The maximum Gasteiger partial charge on any atom is 0.242 e. The van der Waals surface area contributed by atoms with Gasteiger partial charge in [0.15, 0.2) is 0 Å². The number of likely N-dealkylation sites (tertiary alicyclic amines) is 1. The smallest absolute Gasteiger partial charge is 0.242 e. The highest BCUT2D eigenvalue weighted by Gasteiger charge is 2.37. The molecule has 0 aromatic rings. The van der Waals surface area contributed by atoms with Gasteiger partial charge in [0, 0.05) is 39.4 Å². The number of amides is 4. The molecular weight excluding hydrogens is 442 g/mol. The van der Waals surface area contributed by atoms with Crippen LogP contribution in [0.2, 0.25) is 0 Å². The topological polar surface area (TPSA) is 132 Å². The number of nitrogens with zero attached hydrogens (tertiary/aromatic N) is 1. The largest absolute Gasteiger partial charge is 0.379 e. The third-order valence-electron chi connectivity index (χ3n) is 4.49. The average Bonchev–Trinajstić information content (AvgIpc) is 3.07. The first-order chi connectivity index (χ1) is 15.5. The number of hydrogen-bond acceptors (Lipinski definition) is 9. The normalized spacial score (nSPS) is 15.9. The minimum atomic E-state index is -0.326. The second-order valence-electron chi connectivity index (χ2n) is 6.78. The van der Waals surface area contributed by atoms with E-state index in [-0.39, 0.29) is 48.3 Å². The van der Waals surface area contributed by atoms with Gasteiger partial charge in [-0.05, 0) is 6.26 Å². The van der Waals surface area contributed by atoms with Crippen molar-refractivity contribution in [1.29, 1.82) is 0 Å². The van der Waals surface area contributed by atoms with Gasteiger partial charge < -0.3 is 29.6 Å². The maximum absolute atomic E-state index is 12.0. The zero-order chi connectivity index (χ0) is 23.6. The van der Waals surface area contributed by atoms with Crippen molar-refractivity contribution in [3.8, 4) is 0 Å². The Morgan fingerprint density at radius 2 is 1.47 bits per heavy atom. The molecule has 1 atom stereocenters. The Kier molecular flexibility index (Phi) is 15.7. The lowest BCUT2D eigenvalue weighted by Gasteiger charge is -2.14. The molecule has 1 heterocycles. The summed E-state index contributed by atoms with van der Waals surface area (Å²) in [5.74, 6) is -0.716. The van der Waals surface area contributed by atoms with Gasteiger partial charge in [-0.25, -0.2) is 0 Å². The molecule has 1 unspecified atom stereocenters. The molecule has 0 bridgehead atoms. The molecule has 1 aliphatic rings. The number of nitrogens with one attached hydrogen (secondary N) is 2. The van der Waals surface area contributed by atoms with E-state index in [9.17, 15) is 19.2 Å². The SMILES string of the molecule is CNC(=O)CCOCCOCCOCCOCCNC(=O)CCN1C(=O)CC(SC)C1=O. The number of carbonyl (C=O) groups excluding carboxylic acids is 4. The number of imide groups is 1. The number of hydrogen-bond donors (Lipinski definition) is 2. The number of rotatable bonds is 19. The lowest BCUT2D eigenvalue weighted by Crippen LogP contribution is -2.36. The Hall–Kier alpha value is -1.73. The zero-order valence-corrected chi connectivity index (χ0v) is 19.7. The molecule has 1 rings (SSSR count). The van der Waals surface area contributed by atoms with E-state index < -0.39 is 0 Å². The molecule has 0 spiro atoms. The van der Waals surface area contributed by atoms with Crippen molar-refractivity contribution in [2.24, 2.45) is 0 Å². The van der Waals surface area contributed by atoms with Crippen LogP contribution in [0, 0.1) is 0 Å². The Labute approximate surface area is 193 Å². The van der Waals surface area contributed by atoms with Crippen LogP contribution < -0.4 is 10.6 Å². The third kappa shape index (κ3) is 12.3. The molecular formula is C20H35N3O8S. The molecule has 0 aliphatic carbocycles. The predicted octanol–water partition coefficient (Wildman–Crippen LogP) is -0.814. The van der Waals surface area contributed by atoms with Crippen LogP contribution in [0.5, 0.6) is 0 Å². The van der Waals surface area contributed by atoms with E-state index in [2.05, 4.69) is 10.6 Å². The van der Waals surface area contributed by atoms with Crippen LogP contribution in [0.15, 0.2) is 0 Å². The van der Waals surface area contributed by atoms with Crippen LogP contribution in [0.1, 0.15) is 19.3 Å². The van der Waals surface area contributed by atoms with Crippen molar-refractivity contribution < 1.29 is 38.1 Å². The molecule has 32 heavy (non-hydrogen) atoms. The van der Waals surface area contributed by atoms with E-state index in [0.717, 1.165) is 0 Å². The average molecular weight is 478 g/mol. The highest BCUT2D eigenvalue weighted by atomic mass is 32.2. The summed E-state index contributed by atoms with van der Waals surface area (Å²) in [5.41, 5.74) is 0. The molecule has 1 aliphatic heterocycles. The molecule has 2 N–H and O–H groups in total. The van der Waals surface area contributed by atoms with Gasteiger partial charge in [0.2, 0.25) is 23.6 Å². The molecule has 1 saturated heterocycles. The monoisotopic (exact) mass is 477 g/mol. The van der Waals surface area contributed by atoms with E-state index in [4.69, 9.17) is 18.9 Å². The number of thioether (sulfide) groups is 1. The van der Waals surface area contributed by atoms with E-state index in [1.54, 1.807) is 13.3 Å². The van der Waals surface area contributed by atoms with Crippen molar-refractivity contribution in [3.63, 3.8) is 0 Å². The molecule has 11 nitrogen and oxygen atoms in total. The zero-order valence-electron chi connectivity index (χ0n) is 18.9. The van der Waals surface area contributed by atoms with Crippen molar-refractivity contribution in [2.45, 2.75) is 24.5 Å². The molecule has 0 aromatic heterocycles. The first-order valence-electron chi connectivity index (χ1n) is 10.6. The molecule has 0 aromatic carbocycles. The minimum Gasteiger partial charge on any atom is -0.379 e. The van der Waals surface area contributed by atoms with Crippen molar-refractivity contribution in [3.05, 3.63) is 0 Å². The van der Waals surface area contributed by atoms with Crippen LogP contribution in [0.25, 0.3) is 0 Å². The summed E-state index contributed by atoms with van der Waals surface area (Å²) in [6.07, 6.45) is 2.42. The quantitative estimate of drug-likeness (QED) is 0.181. The molecule has 0 radical (unpaired) electrons. The van der Waals surface area contributed by atoms with Gasteiger partial charge in [0.05, 0.1) is 58.1 Å².